The van der Waals surface area contributed by atoms with E-state index in [1.54, 1.807) is 30.3 Å². The maximum absolute atomic E-state index is 12.6. The van der Waals surface area contributed by atoms with Crippen LogP contribution in [0.25, 0.3) is 0 Å². The van der Waals surface area contributed by atoms with Gasteiger partial charge in [-0.1, -0.05) is 24.6 Å². The Morgan fingerprint density at radius 3 is 2.55 bits per heavy atom. The fraction of sp³-hybridized carbons (Fsp3) is 0.350. The fourth-order valence-electron chi connectivity index (χ4n) is 2.37. The molecule has 2 aromatic carbocycles. The van der Waals surface area contributed by atoms with E-state index in [0.29, 0.717) is 35.1 Å². The van der Waals surface area contributed by atoms with Crippen LogP contribution in [0.1, 0.15) is 23.7 Å². The van der Waals surface area contributed by atoms with Crippen LogP contribution >= 0.6 is 11.6 Å². The summed E-state index contributed by atoms with van der Waals surface area (Å²) in [6.45, 7) is 2.48. The van der Waals surface area contributed by atoms with E-state index < -0.39 is 9.84 Å². The van der Waals surface area contributed by atoms with Crippen molar-refractivity contribution in [3.8, 4) is 17.2 Å². The lowest BCUT2D eigenvalue weighted by Crippen LogP contribution is -2.13. The minimum absolute atomic E-state index is 0.0300. The number of rotatable bonds is 10. The van der Waals surface area contributed by atoms with E-state index in [1.165, 1.54) is 13.2 Å². The van der Waals surface area contributed by atoms with Gasteiger partial charge in [0, 0.05) is 23.6 Å². The van der Waals surface area contributed by atoms with Crippen LogP contribution in [0.4, 0.5) is 5.69 Å². The third-order valence-electron chi connectivity index (χ3n) is 3.76. The van der Waals surface area contributed by atoms with E-state index in [0.717, 1.165) is 12.7 Å². The SMILES string of the molecule is CCCOc1c(Cl)cc(C(=O)Nc2cccc(OCCS(C)(=O)=O)c2)cc1OC. The third-order valence-corrected chi connectivity index (χ3v) is 4.95. The van der Waals surface area contributed by atoms with Crippen LogP contribution in [0.2, 0.25) is 5.02 Å². The third kappa shape index (κ3) is 7.14. The summed E-state index contributed by atoms with van der Waals surface area (Å²) in [7, 11) is -1.63. The van der Waals surface area contributed by atoms with E-state index >= 15 is 0 Å². The molecule has 0 aromatic heterocycles. The number of nitrogens with one attached hydrogen (secondary N) is 1. The molecule has 0 radical (unpaired) electrons. The van der Waals surface area contributed by atoms with Crippen LogP contribution in [-0.4, -0.2) is 46.7 Å². The number of anilines is 1. The molecule has 0 heterocycles. The molecule has 2 aromatic rings. The van der Waals surface area contributed by atoms with Gasteiger partial charge in [-0.25, -0.2) is 8.42 Å². The van der Waals surface area contributed by atoms with Gasteiger partial charge in [-0.15, -0.1) is 0 Å². The molecular weight excluding hydrogens is 418 g/mol. The molecule has 0 aliphatic carbocycles. The van der Waals surface area contributed by atoms with Gasteiger partial charge in [0.05, 0.1) is 24.5 Å². The second-order valence-corrected chi connectivity index (χ2v) is 8.97. The molecule has 0 aliphatic heterocycles. The van der Waals surface area contributed by atoms with E-state index in [9.17, 15) is 13.2 Å². The van der Waals surface area contributed by atoms with Crippen LogP contribution in [0.15, 0.2) is 36.4 Å². The van der Waals surface area contributed by atoms with Crippen LogP contribution in [0.3, 0.4) is 0 Å². The molecule has 0 unspecified atom stereocenters. The van der Waals surface area contributed by atoms with Gasteiger partial charge in [0.25, 0.3) is 5.91 Å². The molecule has 0 saturated heterocycles. The summed E-state index contributed by atoms with van der Waals surface area (Å²) in [6.07, 6.45) is 1.95. The molecule has 0 bridgehead atoms. The number of methoxy groups -OCH3 is 1. The first-order valence-corrected chi connectivity index (χ1v) is 11.4. The topological polar surface area (TPSA) is 90.9 Å². The van der Waals surface area contributed by atoms with E-state index in [4.69, 9.17) is 25.8 Å². The number of carbonyl (C=O) groups excluding carboxylic acids is 1. The number of carbonyl (C=O) groups is 1. The van der Waals surface area contributed by atoms with Crippen molar-refractivity contribution < 1.29 is 27.4 Å². The predicted molar refractivity (Wildman–Crippen MR) is 113 cm³/mol. The molecule has 0 spiro atoms. The summed E-state index contributed by atoms with van der Waals surface area (Å²) in [5.41, 5.74) is 0.798. The molecule has 9 heteroatoms. The fourth-order valence-corrected chi connectivity index (χ4v) is 3.02. The maximum Gasteiger partial charge on any atom is 0.255 e. The number of amides is 1. The highest BCUT2D eigenvalue weighted by Crippen LogP contribution is 2.36. The molecule has 1 amide bonds. The van der Waals surface area contributed by atoms with Gasteiger partial charge < -0.3 is 19.5 Å². The molecule has 2 rings (SSSR count). The summed E-state index contributed by atoms with van der Waals surface area (Å²) >= 11 is 6.26. The van der Waals surface area contributed by atoms with Gasteiger partial charge in [-0.3, -0.25) is 4.79 Å². The molecule has 1 N–H and O–H groups in total. The number of sulfone groups is 1. The quantitative estimate of drug-likeness (QED) is 0.602. The lowest BCUT2D eigenvalue weighted by molar-refractivity contribution is 0.102. The average Bonchev–Trinajstić information content (AvgIpc) is 2.65. The lowest BCUT2D eigenvalue weighted by atomic mass is 10.1. The molecule has 29 heavy (non-hydrogen) atoms. The Morgan fingerprint density at radius 1 is 1.14 bits per heavy atom. The Labute approximate surface area is 175 Å². The van der Waals surface area contributed by atoms with Gasteiger partial charge in [0.15, 0.2) is 21.3 Å². The van der Waals surface area contributed by atoms with Crippen LogP contribution in [-0.2, 0) is 9.84 Å². The molecular formula is C20H24ClNO6S. The zero-order valence-electron chi connectivity index (χ0n) is 16.5. The highest BCUT2D eigenvalue weighted by Gasteiger charge is 2.16. The van der Waals surface area contributed by atoms with Crippen molar-refractivity contribution in [2.24, 2.45) is 0 Å². The van der Waals surface area contributed by atoms with Crippen molar-refractivity contribution in [2.45, 2.75) is 13.3 Å². The number of ether oxygens (including phenoxy) is 3. The number of hydrogen-bond donors (Lipinski definition) is 1. The first kappa shape index (κ1) is 22.8. The predicted octanol–water partition coefficient (Wildman–Crippen LogP) is 3.81. The summed E-state index contributed by atoms with van der Waals surface area (Å²) in [4.78, 5) is 12.6. The molecule has 0 atom stereocenters. The molecule has 0 fully saturated rings. The van der Waals surface area contributed by atoms with Gasteiger partial charge >= 0.3 is 0 Å². The maximum atomic E-state index is 12.6. The van der Waals surface area contributed by atoms with E-state index in [-0.39, 0.29) is 23.3 Å². The van der Waals surface area contributed by atoms with Crippen LogP contribution in [0, 0.1) is 0 Å². The highest BCUT2D eigenvalue weighted by atomic mass is 35.5. The second-order valence-electron chi connectivity index (χ2n) is 6.30. The van der Waals surface area contributed by atoms with Crippen molar-refractivity contribution in [1.82, 2.24) is 0 Å². The Hall–Kier alpha value is -2.45. The molecule has 0 aliphatic rings. The van der Waals surface area contributed by atoms with Gasteiger partial charge in [0.1, 0.15) is 12.4 Å². The average molecular weight is 442 g/mol. The molecule has 7 nitrogen and oxygen atoms in total. The van der Waals surface area contributed by atoms with Crippen molar-refractivity contribution in [3.05, 3.63) is 47.0 Å². The zero-order chi connectivity index (χ0) is 21.4. The Morgan fingerprint density at radius 2 is 1.90 bits per heavy atom. The molecule has 158 valence electrons. The van der Waals surface area contributed by atoms with E-state index in [1.807, 2.05) is 6.92 Å². The largest absolute Gasteiger partial charge is 0.493 e. The van der Waals surface area contributed by atoms with Crippen LogP contribution < -0.4 is 19.5 Å². The Kier molecular flexibility index (Phi) is 8.16. The van der Waals surface area contributed by atoms with Gasteiger partial charge in [0.2, 0.25) is 0 Å². The zero-order valence-corrected chi connectivity index (χ0v) is 18.1. The Bertz CT molecular complexity index is 961. The minimum Gasteiger partial charge on any atom is -0.493 e. The van der Waals surface area contributed by atoms with Crippen molar-refractivity contribution in [2.75, 3.05) is 37.6 Å². The number of hydrogen-bond acceptors (Lipinski definition) is 6. The van der Waals surface area contributed by atoms with Crippen molar-refractivity contribution in [1.29, 1.82) is 0 Å². The number of halogens is 1. The summed E-state index contributed by atoms with van der Waals surface area (Å²) in [5.74, 6) is 0.739. The van der Waals surface area contributed by atoms with Crippen LogP contribution in [0.5, 0.6) is 17.2 Å². The lowest BCUT2D eigenvalue weighted by Gasteiger charge is -2.14. The first-order chi connectivity index (χ1) is 13.7. The smallest absolute Gasteiger partial charge is 0.255 e. The number of benzene rings is 2. The summed E-state index contributed by atoms with van der Waals surface area (Å²) < 4.78 is 38.7. The summed E-state index contributed by atoms with van der Waals surface area (Å²) in [5, 5.41) is 3.03. The van der Waals surface area contributed by atoms with E-state index in [2.05, 4.69) is 5.32 Å². The minimum atomic E-state index is -3.11. The van der Waals surface area contributed by atoms with Gasteiger partial charge in [-0.05, 0) is 30.7 Å². The normalized spacial score (nSPS) is 11.0. The van der Waals surface area contributed by atoms with Crippen molar-refractivity contribution >= 4 is 33.0 Å². The summed E-state index contributed by atoms with van der Waals surface area (Å²) in [6, 6.07) is 9.74. The monoisotopic (exact) mass is 441 g/mol. The first-order valence-electron chi connectivity index (χ1n) is 8.95. The second kappa shape index (κ2) is 10.4. The highest BCUT2D eigenvalue weighted by molar-refractivity contribution is 7.90. The van der Waals surface area contributed by atoms with Crippen molar-refractivity contribution in [3.63, 3.8) is 0 Å². The van der Waals surface area contributed by atoms with Gasteiger partial charge in [-0.2, -0.15) is 0 Å². The molecule has 0 saturated carbocycles. The standard InChI is InChI=1S/C20H24ClNO6S/c1-4-8-28-19-17(21)11-14(12-18(19)26-2)20(23)22-15-6-5-7-16(13-15)27-9-10-29(3,24)25/h5-7,11-13H,4,8-10H2,1-3H3,(H,22,23). The Balaban J connectivity index is 2.12.